The van der Waals surface area contributed by atoms with Crippen molar-refractivity contribution >= 4 is 11.4 Å². The molecule has 0 bridgehead atoms. The standard InChI is InChI=1S/C53H70N2O2/c1-36(2)7-6-8-37(3)48-27-28-49-47-26-17-42-33-53(32-31-51(42,4)50(47)29-30-52(48,49)5,40-13-22-45(23-14-40)56-34-38-9-18-43(54)19-10-38)41-15-24-46(25-16-41)57-35-39-11-20-44(55)21-12-39/h9-16,18-25,36-37,42,47-50H,6-8,17,26-35,54-55H2,1-5H3. The van der Waals surface area contributed by atoms with Gasteiger partial charge in [-0.05, 0) is 181 Å². The maximum Gasteiger partial charge on any atom is 0.119 e. The van der Waals surface area contributed by atoms with Crippen LogP contribution < -0.4 is 20.9 Å². The van der Waals surface area contributed by atoms with Crippen LogP contribution in [0.3, 0.4) is 0 Å². The Hall–Kier alpha value is -3.92. The number of anilines is 2. The predicted molar refractivity (Wildman–Crippen MR) is 237 cm³/mol. The van der Waals surface area contributed by atoms with Gasteiger partial charge < -0.3 is 20.9 Å². The fourth-order valence-corrected chi connectivity index (χ4v) is 13.3. The maximum absolute atomic E-state index is 6.29. The second-order valence-electron chi connectivity index (χ2n) is 20.1. The third-order valence-corrected chi connectivity index (χ3v) is 16.5. The van der Waals surface area contributed by atoms with E-state index in [0.717, 1.165) is 69.5 Å². The summed E-state index contributed by atoms with van der Waals surface area (Å²) in [5.41, 5.74) is 19.4. The Kier molecular flexibility index (Phi) is 11.5. The molecule has 57 heavy (non-hydrogen) atoms. The zero-order chi connectivity index (χ0) is 39.8. The summed E-state index contributed by atoms with van der Waals surface area (Å²) < 4.78 is 12.6. The minimum Gasteiger partial charge on any atom is -0.489 e. The molecule has 4 aromatic carbocycles. The highest BCUT2D eigenvalue weighted by Gasteiger charge is 2.62. The summed E-state index contributed by atoms with van der Waals surface area (Å²) in [6.45, 7) is 13.9. The maximum atomic E-state index is 6.29. The van der Waals surface area contributed by atoms with Crippen LogP contribution in [-0.4, -0.2) is 0 Å². The summed E-state index contributed by atoms with van der Waals surface area (Å²) in [6.07, 6.45) is 16.5. The van der Waals surface area contributed by atoms with Gasteiger partial charge in [-0.25, -0.2) is 0 Å². The van der Waals surface area contributed by atoms with E-state index in [9.17, 15) is 0 Å². The molecule has 0 saturated heterocycles. The number of hydrogen-bond acceptors (Lipinski definition) is 4. The van der Waals surface area contributed by atoms with Gasteiger partial charge in [0.25, 0.3) is 0 Å². The molecule has 4 fully saturated rings. The molecule has 0 spiro atoms. The van der Waals surface area contributed by atoms with E-state index in [1.54, 1.807) is 0 Å². The zero-order valence-electron chi connectivity index (χ0n) is 35.6. The highest BCUT2D eigenvalue weighted by Crippen LogP contribution is 2.70. The summed E-state index contributed by atoms with van der Waals surface area (Å²) in [7, 11) is 0. The van der Waals surface area contributed by atoms with Crippen molar-refractivity contribution in [3.63, 3.8) is 0 Å². The smallest absolute Gasteiger partial charge is 0.119 e. The minimum absolute atomic E-state index is 0.0466. The quantitative estimate of drug-likeness (QED) is 0.133. The van der Waals surface area contributed by atoms with E-state index < -0.39 is 0 Å². The van der Waals surface area contributed by atoms with Crippen LogP contribution in [0.5, 0.6) is 11.5 Å². The predicted octanol–water partition coefficient (Wildman–Crippen LogP) is 13.4. The van der Waals surface area contributed by atoms with E-state index in [1.165, 1.54) is 88.2 Å². The van der Waals surface area contributed by atoms with Crippen molar-refractivity contribution in [1.82, 2.24) is 0 Å². The van der Waals surface area contributed by atoms with Crippen LogP contribution >= 0.6 is 0 Å². The third-order valence-electron chi connectivity index (χ3n) is 16.5. The van der Waals surface area contributed by atoms with Crippen molar-refractivity contribution in [2.75, 3.05) is 11.5 Å². The lowest BCUT2D eigenvalue weighted by atomic mass is 9.42. The highest BCUT2D eigenvalue weighted by atomic mass is 16.5. The fourth-order valence-electron chi connectivity index (χ4n) is 13.3. The van der Waals surface area contributed by atoms with Gasteiger partial charge in [-0.3, -0.25) is 0 Å². The third kappa shape index (κ3) is 7.96. The molecule has 8 rings (SSSR count). The molecule has 0 heterocycles. The molecule has 4 aliphatic rings. The van der Waals surface area contributed by atoms with Gasteiger partial charge in [0.1, 0.15) is 24.7 Å². The van der Waals surface area contributed by atoms with Crippen LogP contribution in [0.25, 0.3) is 0 Å². The summed E-state index contributed by atoms with van der Waals surface area (Å²) in [5, 5.41) is 0. The zero-order valence-corrected chi connectivity index (χ0v) is 35.6. The molecule has 0 aromatic heterocycles. The van der Waals surface area contributed by atoms with Crippen molar-refractivity contribution in [1.29, 1.82) is 0 Å². The monoisotopic (exact) mass is 767 g/mol. The molecular formula is C53H70N2O2. The Balaban J connectivity index is 1.02. The van der Waals surface area contributed by atoms with Gasteiger partial charge in [0.15, 0.2) is 0 Å². The van der Waals surface area contributed by atoms with Crippen LogP contribution in [0.4, 0.5) is 11.4 Å². The lowest BCUT2D eigenvalue weighted by Crippen LogP contribution is -2.55. The largest absolute Gasteiger partial charge is 0.489 e. The summed E-state index contributed by atoms with van der Waals surface area (Å²) in [6, 6.07) is 34.2. The number of hydrogen-bond donors (Lipinski definition) is 2. The van der Waals surface area contributed by atoms with Gasteiger partial charge in [0.2, 0.25) is 0 Å². The van der Waals surface area contributed by atoms with Gasteiger partial charge in [-0.15, -0.1) is 0 Å². The van der Waals surface area contributed by atoms with Crippen molar-refractivity contribution in [2.24, 2.45) is 52.3 Å². The van der Waals surface area contributed by atoms with E-state index in [2.05, 4.69) is 83.1 Å². The van der Waals surface area contributed by atoms with Crippen molar-refractivity contribution in [2.45, 2.75) is 130 Å². The second kappa shape index (κ2) is 16.4. The first-order valence-corrected chi connectivity index (χ1v) is 22.6. The van der Waals surface area contributed by atoms with Crippen LogP contribution in [0.2, 0.25) is 0 Å². The average Bonchev–Trinajstić information content (AvgIpc) is 3.58. The Morgan fingerprint density at radius 3 is 1.67 bits per heavy atom. The van der Waals surface area contributed by atoms with Crippen molar-refractivity contribution in [3.8, 4) is 11.5 Å². The topological polar surface area (TPSA) is 70.5 Å². The van der Waals surface area contributed by atoms with Gasteiger partial charge in [0.05, 0.1) is 0 Å². The molecule has 4 aliphatic carbocycles. The van der Waals surface area contributed by atoms with Gasteiger partial charge in [-0.1, -0.05) is 102 Å². The van der Waals surface area contributed by atoms with E-state index >= 15 is 0 Å². The SMILES string of the molecule is CC(C)CCCC(C)C1CCC2C3CCC4CC(c5ccc(OCc6ccc(N)cc6)cc5)(c5ccc(OCc6ccc(N)cc6)cc5)CCC4(C)C3CCC12C. The molecule has 8 unspecified atom stereocenters. The molecule has 0 radical (unpaired) electrons. The molecular weight excluding hydrogens is 697 g/mol. The lowest BCUT2D eigenvalue weighted by Gasteiger charge is -2.63. The summed E-state index contributed by atoms with van der Waals surface area (Å²) in [5.74, 6) is 7.81. The molecule has 4 saturated carbocycles. The molecule has 8 atom stereocenters. The first-order chi connectivity index (χ1) is 27.5. The average molecular weight is 767 g/mol. The number of fused-ring (bicyclic) bond motifs is 5. The first-order valence-electron chi connectivity index (χ1n) is 22.6. The van der Waals surface area contributed by atoms with Crippen LogP contribution in [0, 0.1) is 52.3 Å². The van der Waals surface area contributed by atoms with Crippen LogP contribution in [0.1, 0.15) is 134 Å². The van der Waals surface area contributed by atoms with Crippen LogP contribution in [-0.2, 0) is 18.6 Å². The first kappa shape index (κ1) is 39.9. The van der Waals surface area contributed by atoms with E-state index in [-0.39, 0.29) is 5.41 Å². The molecule has 4 aromatic rings. The number of ether oxygens (including phenoxy) is 2. The highest BCUT2D eigenvalue weighted by molar-refractivity contribution is 5.45. The van der Waals surface area contributed by atoms with E-state index in [0.29, 0.717) is 30.0 Å². The Morgan fingerprint density at radius 1 is 0.579 bits per heavy atom. The molecule has 4 heteroatoms. The Labute approximate surface area is 344 Å². The molecule has 4 nitrogen and oxygen atoms in total. The normalized spacial score (nSPS) is 29.5. The number of rotatable bonds is 13. The lowest BCUT2D eigenvalue weighted by molar-refractivity contribution is -0.122. The van der Waals surface area contributed by atoms with Crippen molar-refractivity contribution in [3.05, 3.63) is 119 Å². The Morgan fingerprint density at radius 2 is 1.12 bits per heavy atom. The molecule has 0 aliphatic heterocycles. The Bertz CT molecular complexity index is 1820. The van der Waals surface area contributed by atoms with Gasteiger partial charge in [-0.2, -0.15) is 0 Å². The van der Waals surface area contributed by atoms with Crippen LogP contribution in [0.15, 0.2) is 97.1 Å². The van der Waals surface area contributed by atoms with Gasteiger partial charge in [0, 0.05) is 16.8 Å². The number of benzene rings is 4. The minimum atomic E-state index is -0.0466. The molecule has 304 valence electrons. The number of nitrogens with two attached hydrogens (primary N) is 2. The molecule has 4 N–H and O–H groups in total. The number of nitrogen functional groups attached to an aromatic ring is 2. The second-order valence-corrected chi connectivity index (χ2v) is 20.1. The van der Waals surface area contributed by atoms with Crippen molar-refractivity contribution < 1.29 is 9.47 Å². The summed E-state index contributed by atoms with van der Waals surface area (Å²) in [4.78, 5) is 0. The fraction of sp³-hybridized carbons (Fsp3) is 0.547. The molecule has 0 amide bonds. The van der Waals surface area contributed by atoms with E-state index in [4.69, 9.17) is 20.9 Å². The van der Waals surface area contributed by atoms with Gasteiger partial charge >= 0.3 is 0 Å². The van der Waals surface area contributed by atoms with E-state index in [1.807, 2.05) is 48.5 Å². The summed E-state index contributed by atoms with van der Waals surface area (Å²) >= 11 is 0.